The lowest BCUT2D eigenvalue weighted by molar-refractivity contribution is -0.384. The van der Waals surface area contributed by atoms with Crippen molar-refractivity contribution in [1.82, 2.24) is 0 Å². The Bertz CT molecular complexity index is 1150. The van der Waals surface area contributed by atoms with Crippen LogP contribution in [0.3, 0.4) is 0 Å². The van der Waals surface area contributed by atoms with Gasteiger partial charge in [-0.1, -0.05) is 13.8 Å². The highest BCUT2D eigenvalue weighted by Crippen LogP contribution is 2.27. The second kappa shape index (κ2) is 8.77. The zero-order chi connectivity index (χ0) is 21.8. The van der Waals surface area contributed by atoms with Crippen LogP contribution in [-0.2, 0) is 16.1 Å². The van der Waals surface area contributed by atoms with E-state index in [0.29, 0.717) is 22.3 Å². The summed E-state index contributed by atoms with van der Waals surface area (Å²) in [6.45, 7) is 5.63. The number of carbonyl (C=O) groups excluding carboxylic acids is 1. The molecular weight excluding hydrogens is 390 g/mol. The summed E-state index contributed by atoms with van der Waals surface area (Å²) in [6, 6.07) is 10.4. The Balaban J connectivity index is 1.70. The monoisotopic (exact) mass is 411 g/mol. The predicted molar refractivity (Wildman–Crippen MR) is 110 cm³/mol. The standard InChI is InChI=1S/C22H21NO7/c1-13(2)18-10-19-15(9-21(24)30-20(19)8-14(18)3)11-29-22(25)12-28-17-6-4-16(5-7-17)23(26)27/h4-10,13H,11-12H2,1-3H3. The normalized spacial score (nSPS) is 10.9. The maximum Gasteiger partial charge on any atom is 0.344 e. The third-order valence-corrected chi connectivity index (χ3v) is 4.63. The molecule has 0 bridgehead atoms. The number of fused-ring (bicyclic) bond motifs is 1. The Morgan fingerprint density at radius 1 is 1.17 bits per heavy atom. The Morgan fingerprint density at radius 3 is 2.50 bits per heavy atom. The van der Waals surface area contributed by atoms with E-state index in [0.717, 1.165) is 11.1 Å². The summed E-state index contributed by atoms with van der Waals surface area (Å²) in [5.41, 5.74) is 2.53. The number of hydrogen-bond acceptors (Lipinski definition) is 7. The van der Waals surface area contributed by atoms with E-state index in [1.807, 2.05) is 19.1 Å². The van der Waals surface area contributed by atoms with Gasteiger partial charge in [0.15, 0.2) is 6.61 Å². The summed E-state index contributed by atoms with van der Waals surface area (Å²) in [5.74, 6) is -0.0434. The molecule has 0 saturated heterocycles. The van der Waals surface area contributed by atoms with Crippen molar-refractivity contribution in [2.24, 2.45) is 0 Å². The second-order valence-electron chi connectivity index (χ2n) is 7.15. The third kappa shape index (κ3) is 4.83. The van der Waals surface area contributed by atoms with Gasteiger partial charge in [0.25, 0.3) is 5.69 Å². The Morgan fingerprint density at radius 2 is 1.87 bits per heavy atom. The number of ether oxygens (including phenoxy) is 2. The first-order chi connectivity index (χ1) is 14.2. The van der Waals surface area contributed by atoms with Crippen LogP contribution in [0.15, 0.2) is 51.7 Å². The molecule has 0 aliphatic rings. The quantitative estimate of drug-likeness (QED) is 0.247. The molecule has 0 saturated carbocycles. The molecule has 0 aliphatic carbocycles. The predicted octanol–water partition coefficient (Wildman–Crippen LogP) is 4.26. The van der Waals surface area contributed by atoms with Crippen LogP contribution in [0.25, 0.3) is 11.0 Å². The third-order valence-electron chi connectivity index (χ3n) is 4.63. The maximum atomic E-state index is 12.1. The van der Waals surface area contributed by atoms with Crippen LogP contribution in [-0.4, -0.2) is 17.5 Å². The van der Waals surface area contributed by atoms with E-state index in [9.17, 15) is 19.7 Å². The van der Waals surface area contributed by atoms with E-state index < -0.39 is 16.5 Å². The molecule has 1 heterocycles. The second-order valence-corrected chi connectivity index (χ2v) is 7.15. The van der Waals surface area contributed by atoms with Gasteiger partial charge in [-0.3, -0.25) is 10.1 Å². The van der Waals surface area contributed by atoms with Crippen molar-refractivity contribution in [3.63, 3.8) is 0 Å². The molecule has 0 amide bonds. The van der Waals surface area contributed by atoms with Crippen molar-refractivity contribution in [1.29, 1.82) is 0 Å². The number of benzene rings is 2. The zero-order valence-corrected chi connectivity index (χ0v) is 16.8. The number of esters is 1. The van der Waals surface area contributed by atoms with Crippen LogP contribution < -0.4 is 10.4 Å². The number of hydrogen-bond donors (Lipinski definition) is 0. The molecule has 0 radical (unpaired) electrons. The number of nitrogens with zero attached hydrogens (tertiary/aromatic N) is 1. The highest BCUT2D eigenvalue weighted by molar-refractivity contribution is 5.82. The number of rotatable bonds is 7. The fraction of sp³-hybridized carbons (Fsp3) is 0.273. The smallest absolute Gasteiger partial charge is 0.344 e. The molecule has 8 nitrogen and oxygen atoms in total. The van der Waals surface area contributed by atoms with Crippen LogP contribution in [0.5, 0.6) is 5.75 Å². The first kappa shape index (κ1) is 21.0. The number of aryl methyl sites for hydroxylation is 1. The number of nitro benzene ring substituents is 1. The average molecular weight is 411 g/mol. The van der Waals surface area contributed by atoms with Gasteiger partial charge in [-0.2, -0.15) is 0 Å². The van der Waals surface area contributed by atoms with Crippen molar-refractivity contribution < 1.29 is 23.6 Å². The Labute approximate surface area is 172 Å². The Kier molecular flexibility index (Phi) is 6.15. The zero-order valence-electron chi connectivity index (χ0n) is 16.8. The Hall–Kier alpha value is -3.68. The van der Waals surface area contributed by atoms with Gasteiger partial charge in [0.05, 0.1) is 4.92 Å². The summed E-state index contributed by atoms with van der Waals surface area (Å²) < 4.78 is 15.8. The molecule has 156 valence electrons. The summed E-state index contributed by atoms with van der Waals surface area (Å²) in [4.78, 5) is 34.1. The highest BCUT2D eigenvalue weighted by Gasteiger charge is 2.13. The van der Waals surface area contributed by atoms with Crippen molar-refractivity contribution in [3.05, 3.63) is 79.7 Å². The van der Waals surface area contributed by atoms with Gasteiger partial charge in [0.1, 0.15) is 17.9 Å². The maximum absolute atomic E-state index is 12.1. The topological polar surface area (TPSA) is 109 Å². The van der Waals surface area contributed by atoms with Gasteiger partial charge in [-0.15, -0.1) is 0 Å². The molecule has 0 N–H and O–H groups in total. The minimum absolute atomic E-state index is 0.0734. The van der Waals surface area contributed by atoms with Crippen LogP contribution >= 0.6 is 0 Å². The lowest BCUT2D eigenvalue weighted by atomic mass is 9.95. The lowest BCUT2D eigenvalue weighted by Crippen LogP contribution is -2.15. The molecule has 0 spiro atoms. The molecule has 0 fully saturated rings. The van der Waals surface area contributed by atoms with Crippen LogP contribution in [0, 0.1) is 17.0 Å². The van der Waals surface area contributed by atoms with E-state index in [1.165, 1.54) is 30.3 Å². The van der Waals surface area contributed by atoms with Crippen molar-refractivity contribution >= 4 is 22.6 Å². The van der Waals surface area contributed by atoms with E-state index in [1.54, 1.807) is 0 Å². The molecule has 3 aromatic rings. The van der Waals surface area contributed by atoms with E-state index in [2.05, 4.69) is 13.8 Å². The molecule has 3 rings (SSSR count). The minimum Gasteiger partial charge on any atom is -0.482 e. The average Bonchev–Trinajstić information content (AvgIpc) is 2.69. The van der Waals surface area contributed by atoms with Gasteiger partial charge >= 0.3 is 11.6 Å². The summed E-state index contributed by atoms with van der Waals surface area (Å²) in [7, 11) is 0. The number of nitro groups is 1. The summed E-state index contributed by atoms with van der Waals surface area (Å²) >= 11 is 0. The van der Waals surface area contributed by atoms with Crippen LogP contribution in [0.4, 0.5) is 5.69 Å². The molecule has 0 unspecified atom stereocenters. The largest absolute Gasteiger partial charge is 0.482 e. The SMILES string of the molecule is Cc1cc2oc(=O)cc(COC(=O)COc3ccc([N+](=O)[O-])cc3)c2cc1C(C)C. The molecule has 0 aliphatic heterocycles. The van der Waals surface area contributed by atoms with Crippen LogP contribution in [0.2, 0.25) is 0 Å². The van der Waals surface area contributed by atoms with Gasteiger partial charge in [0, 0.05) is 29.1 Å². The van der Waals surface area contributed by atoms with Gasteiger partial charge < -0.3 is 13.9 Å². The lowest BCUT2D eigenvalue weighted by Gasteiger charge is -2.13. The number of carbonyl (C=O) groups is 1. The molecule has 0 atom stereocenters. The van der Waals surface area contributed by atoms with E-state index in [4.69, 9.17) is 13.9 Å². The molecule has 2 aromatic carbocycles. The molecular formula is C22H21NO7. The fourth-order valence-electron chi connectivity index (χ4n) is 3.14. The molecule has 1 aromatic heterocycles. The first-order valence-electron chi connectivity index (χ1n) is 9.34. The minimum atomic E-state index is -0.633. The molecule has 30 heavy (non-hydrogen) atoms. The fourth-order valence-corrected chi connectivity index (χ4v) is 3.14. The van der Waals surface area contributed by atoms with Crippen molar-refractivity contribution in [2.75, 3.05) is 6.61 Å². The van der Waals surface area contributed by atoms with Crippen molar-refractivity contribution in [2.45, 2.75) is 33.3 Å². The van der Waals surface area contributed by atoms with Crippen LogP contribution in [0.1, 0.15) is 36.5 Å². The first-order valence-corrected chi connectivity index (χ1v) is 9.34. The van der Waals surface area contributed by atoms with E-state index >= 15 is 0 Å². The highest BCUT2D eigenvalue weighted by atomic mass is 16.6. The molecule has 8 heteroatoms. The summed E-state index contributed by atoms with van der Waals surface area (Å²) in [6.07, 6.45) is 0. The summed E-state index contributed by atoms with van der Waals surface area (Å²) in [5, 5.41) is 11.4. The van der Waals surface area contributed by atoms with Gasteiger partial charge in [0.2, 0.25) is 0 Å². The van der Waals surface area contributed by atoms with Crippen molar-refractivity contribution in [3.8, 4) is 5.75 Å². The number of non-ortho nitro benzene ring substituents is 1. The van der Waals surface area contributed by atoms with Gasteiger partial charge in [-0.05, 0) is 48.2 Å². The van der Waals surface area contributed by atoms with Gasteiger partial charge in [-0.25, -0.2) is 9.59 Å². The van der Waals surface area contributed by atoms with E-state index in [-0.39, 0.29) is 24.8 Å².